The molecule has 0 aliphatic carbocycles. The molecule has 1 aromatic rings. The third kappa shape index (κ3) is 2.35. The Morgan fingerprint density at radius 2 is 2.14 bits per heavy atom. The molecule has 0 spiro atoms. The monoisotopic (exact) mass is 259 g/mol. The zero-order chi connectivity index (χ0) is 10.9. The van der Waals surface area contributed by atoms with Crippen LogP contribution in [0.1, 0.15) is 20.8 Å². The van der Waals surface area contributed by atoms with E-state index >= 15 is 0 Å². The van der Waals surface area contributed by atoms with Gasteiger partial charge in [-0.3, -0.25) is 9.48 Å². The summed E-state index contributed by atoms with van der Waals surface area (Å²) in [7, 11) is 1.78. The summed E-state index contributed by atoms with van der Waals surface area (Å²) in [6, 6.07) is 0. The van der Waals surface area contributed by atoms with Crippen molar-refractivity contribution in [3.63, 3.8) is 0 Å². The van der Waals surface area contributed by atoms with Crippen molar-refractivity contribution in [1.29, 1.82) is 0 Å². The molecule has 0 fully saturated rings. The molecule has 0 saturated heterocycles. The van der Waals surface area contributed by atoms with Crippen LogP contribution in [-0.4, -0.2) is 15.7 Å². The Balaban J connectivity index is 2.85. The van der Waals surface area contributed by atoms with Gasteiger partial charge in [-0.15, -0.1) is 0 Å². The molecule has 1 aromatic heterocycles. The van der Waals surface area contributed by atoms with Gasteiger partial charge >= 0.3 is 0 Å². The van der Waals surface area contributed by atoms with Crippen LogP contribution in [0.25, 0.3) is 0 Å². The van der Waals surface area contributed by atoms with Crippen molar-refractivity contribution < 1.29 is 4.79 Å². The van der Waals surface area contributed by atoms with E-state index in [0.717, 1.165) is 4.47 Å². The van der Waals surface area contributed by atoms with Crippen LogP contribution >= 0.6 is 15.9 Å². The van der Waals surface area contributed by atoms with Crippen molar-refractivity contribution in [2.75, 3.05) is 5.32 Å². The number of aryl methyl sites for hydroxylation is 1. The minimum Gasteiger partial charge on any atom is -0.310 e. The molecule has 1 N–H and O–H groups in total. The highest BCUT2D eigenvalue weighted by Gasteiger charge is 2.22. The van der Waals surface area contributed by atoms with Crippen molar-refractivity contribution >= 4 is 27.7 Å². The molecule has 0 saturated carbocycles. The first-order chi connectivity index (χ1) is 6.32. The molecule has 0 atom stereocenters. The maximum absolute atomic E-state index is 11.7. The molecule has 0 aliphatic rings. The number of carbonyl (C=O) groups excluding carboxylic acids is 1. The van der Waals surface area contributed by atoms with E-state index in [1.54, 1.807) is 17.9 Å². The molecule has 0 aliphatic heterocycles. The lowest BCUT2D eigenvalue weighted by Gasteiger charge is -2.17. The lowest BCUT2D eigenvalue weighted by Crippen LogP contribution is -2.28. The second-order valence-electron chi connectivity index (χ2n) is 4.17. The number of nitrogens with zero attached hydrogens (tertiary/aromatic N) is 2. The first-order valence-corrected chi connectivity index (χ1v) is 5.10. The maximum Gasteiger partial charge on any atom is 0.230 e. The first kappa shape index (κ1) is 11.2. The smallest absolute Gasteiger partial charge is 0.230 e. The zero-order valence-electron chi connectivity index (χ0n) is 8.76. The number of amides is 1. The van der Waals surface area contributed by atoms with Crippen molar-refractivity contribution in [3.8, 4) is 0 Å². The number of anilines is 1. The van der Waals surface area contributed by atoms with Crippen LogP contribution in [0.3, 0.4) is 0 Å². The fourth-order valence-corrected chi connectivity index (χ4v) is 1.29. The lowest BCUT2D eigenvalue weighted by atomic mass is 9.96. The van der Waals surface area contributed by atoms with Gasteiger partial charge < -0.3 is 5.32 Å². The summed E-state index contributed by atoms with van der Waals surface area (Å²) < 4.78 is 2.41. The number of hydrogen-bond donors (Lipinski definition) is 1. The first-order valence-electron chi connectivity index (χ1n) is 4.31. The van der Waals surface area contributed by atoms with Crippen molar-refractivity contribution in [2.24, 2.45) is 12.5 Å². The van der Waals surface area contributed by atoms with Gasteiger partial charge in [0.15, 0.2) is 0 Å². The summed E-state index contributed by atoms with van der Waals surface area (Å²) in [6.07, 6.45) is 1.65. The molecule has 1 amide bonds. The number of hydrogen-bond acceptors (Lipinski definition) is 2. The standard InChI is InChI=1S/C9H14BrN3O/c1-9(2,3)8(14)12-7-6(10)5-11-13(7)4/h5H,1-4H3,(H,12,14). The maximum atomic E-state index is 11.7. The van der Waals surface area contributed by atoms with Crippen LogP contribution in [0, 0.1) is 5.41 Å². The second kappa shape index (κ2) is 3.73. The molecule has 78 valence electrons. The normalized spacial score (nSPS) is 11.5. The van der Waals surface area contributed by atoms with Gasteiger partial charge in [-0.2, -0.15) is 5.10 Å². The lowest BCUT2D eigenvalue weighted by molar-refractivity contribution is -0.123. The third-order valence-electron chi connectivity index (χ3n) is 1.81. The van der Waals surface area contributed by atoms with Gasteiger partial charge in [0.25, 0.3) is 0 Å². The largest absolute Gasteiger partial charge is 0.310 e. The molecule has 1 rings (SSSR count). The minimum atomic E-state index is -0.399. The van der Waals surface area contributed by atoms with Gasteiger partial charge in [0, 0.05) is 12.5 Å². The Hall–Kier alpha value is -0.840. The number of aromatic nitrogens is 2. The van der Waals surface area contributed by atoms with Gasteiger partial charge in [0.2, 0.25) is 5.91 Å². The summed E-state index contributed by atoms with van der Waals surface area (Å²) >= 11 is 3.31. The van der Waals surface area contributed by atoms with Crippen LogP contribution in [0.4, 0.5) is 5.82 Å². The van der Waals surface area contributed by atoms with Gasteiger partial charge in [-0.1, -0.05) is 20.8 Å². The van der Waals surface area contributed by atoms with E-state index in [4.69, 9.17) is 0 Å². The van der Waals surface area contributed by atoms with Gasteiger partial charge in [-0.05, 0) is 15.9 Å². The average molecular weight is 260 g/mol. The Morgan fingerprint density at radius 1 is 1.57 bits per heavy atom. The molecule has 1 heterocycles. The fourth-order valence-electron chi connectivity index (χ4n) is 0.846. The topological polar surface area (TPSA) is 46.9 Å². The van der Waals surface area contributed by atoms with Crippen LogP contribution in [0.5, 0.6) is 0 Å². The molecule has 0 aromatic carbocycles. The van der Waals surface area contributed by atoms with Crippen LogP contribution in [0.2, 0.25) is 0 Å². The predicted molar refractivity (Wildman–Crippen MR) is 59.0 cm³/mol. The van der Waals surface area contributed by atoms with E-state index in [1.165, 1.54) is 0 Å². The molecule has 5 heteroatoms. The summed E-state index contributed by atoms with van der Waals surface area (Å²) in [6.45, 7) is 5.60. The molecule has 4 nitrogen and oxygen atoms in total. The molecule has 0 bridgehead atoms. The van der Waals surface area contributed by atoms with Crippen molar-refractivity contribution in [1.82, 2.24) is 9.78 Å². The van der Waals surface area contributed by atoms with Crippen molar-refractivity contribution in [2.45, 2.75) is 20.8 Å². The average Bonchev–Trinajstić information content (AvgIpc) is 2.34. The van der Waals surface area contributed by atoms with E-state index in [0.29, 0.717) is 5.82 Å². The Kier molecular flexibility index (Phi) is 2.99. The van der Waals surface area contributed by atoms with Gasteiger partial charge in [0.05, 0.1) is 10.7 Å². The predicted octanol–water partition coefficient (Wildman–Crippen LogP) is 2.17. The Morgan fingerprint density at radius 3 is 2.50 bits per heavy atom. The number of nitrogens with one attached hydrogen (secondary N) is 1. The van der Waals surface area contributed by atoms with Gasteiger partial charge in [0.1, 0.15) is 5.82 Å². The number of carbonyl (C=O) groups is 1. The highest BCUT2D eigenvalue weighted by Crippen LogP contribution is 2.23. The Bertz CT molecular complexity index is 332. The fraction of sp³-hybridized carbons (Fsp3) is 0.556. The summed E-state index contributed by atoms with van der Waals surface area (Å²) in [5.41, 5.74) is -0.399. The Labute approximate surface area is 91.8 Å². The van der Waals surface area contributed by atoms with E-state index in [1.807, 2.05) is 20.8 Å². The molecule has 14 heavy (non-hydrogen) atoms. The highest BCUT2D eigenvalue weighted by atomic mass is 79.9. The van der Waals surface area contributed by atoms with Crippen LogP contribution in [-0.2, 0) is 11.8 Å². The molecule has 0 unspecified atom stereocenters. The molecular weight excluding hydrogens is 246 g/mol. The molecular formula is C9H14BrN3O. The zero-order valence-corrected chi connectivity index (χ0v) is 10.3. The third-order valence-corrected chi connectivity index (χ3v) is 2.39. The number of rotatable bonds is 1. The van der Waals surface area contributed by atoms with E-state index < -0.39 is 5.41 Å². The quantitative estimate of drug-likeness (QED) is 0.841. The summed E-state index contributed by atoms with van der Waals surface area (Å²) in [4.78, 5) is 11.7. The van der Waals surface area contributed by atoms with Crippen molar-refractivity contribution in [3.05, 3.63) is 10.7 Å². The SMILES string of the molecule is Cn1ncc(Br)c1NC(=O)C(C)(C)C. The van der Waals surface area contributed by atoms with Crippen LogP contribution in [0.15, 0.2) is 10.7 Å². The minimum absolute atomic E-state index is 0.0261. The second-order valence-corrected chi connectivity index (χ2v) is 5.02. The number of halogens is 1. The van der Waals surface area contributed by atoms with E-state index in [9.17, 15) is 4.79 Å². The molecule has 0 radical (unpaired) electrons. The summed E-state index contributed by atoms with van der Waals surface area (Å²) in [5, 5.41) is 6.82. The summed E-state index contributed by atoms with van der Waals surface area (Å²) in [5.74, 6) is 0.659. The van der Waals surface area contributed by atoms with Crippen LogP contribution < -0.4 is 5.32 Å². The van der Waals surface area contributed by atoms with E-state index in [2.05, 4.69) is 26.3 Å². The van der Waals surface area contributed by atoms with E-state index in [-0.39, 0.29) is 5.91 Å². The van der Waals surface area contributed by atoms with Gasteiger partial charge in [-0.25, -0.2) is 0 Å². The highest BCUT2D eigenvalue weighted by molar-refractivity contribution is 9.10.